The van der Waals surface area contributed by atoms with Crippen LogP contribution in [-0.4, -0.2) is 19.3 Å². The van der Waals surface area contributed by atoms with Crippen LogP contribution >= 0.6 is 0 Å². The number of hydrogen-bond donors (Lipinski definition) is 0. The zero-order valence-corrected chi connectivity index (χ0v) is 8.59. The van der Waals surface area contributed by atoms with Crippen molar-refractivity contribution in [2.24, 2.45) is 0 Å². The van der Waals surface area contributed by atoms with Gasteiger partial charge in [0.15, 0.2) is 0 Å². The highest BCUT2D eigenvalue weighted by Gasteiger charge is 2.59. The average Bonchev–Trinajstić information content (AvgIpc) is 2.62. The van der Waals surface area contributed by atoms with E-state index in [0.717, 1.165) is 0 Å². The van der Waals surface area contributed by atoms with E-state index in [2.05, 4.69) is 9.69 Å². The van der Waals surface area contributed by atoms with Crippen molar-refractivity contribution in [3.8, 4) is 0 Å². The molecule has 0 bridgehead atoms. The molecule has 98 valence electrons. The summed E-state index contributed by atoms with van der Waals surface area (Å²) >= 11 is 0. The Balaban J connectivity index is 3.93. The van der Waals surface area contributed by atoms with Gasteiger partial charge in [0.05, 0.1) is 6.57 Å². The molecule has 1 aromatic rings. The van der Waals surface area contributed by atoms with Crippen molar-refractivity contribution in [3.63, 3.8) is 0 Å². The Morgan fingerprint density at radius 3 is 1.84 bits per heavy atom. The first-order chi connectivity index (χ1) is 8.66. The van der Waals surface area contributed by atoms with Crippen LogP contribution in [0.2, 0.25) is 0 Å². The lowest BCUT2D eigenvalue weighted by Crippen LogP contribution is -2.51. The second kappa shape index (κ2) is 4.84. The second-order valence-corrected chi connectivity index (χ2v) is 2.99. The molecule has 1 heterocycles. The van der Waals surface area contributed by atoms with Crippen LogP contribution in [0.1, 0.15) is 5.82 Å². The Kier molecular flexibility index (Phi) is 3.79. The Bertz CT molecular complexity index is 535. The van der Waals surface area contributed by atoms with Crippen LogP contribution in [0.3, 0.4) is 0 Å². The molecule has 0 atom stereocenters. The summed E-state index contributed by atoms with van der Waals surface area (Å²) in [5.74, 6) is -5.43. The number of nitrogens with zero attached hydrogens (tertiary/aromatic N) is 4. The Hall–Kier alpha value is -2.17. The summed E-state index contributed by atoms with van der Waals surface area (Å²) in [4.78, 5) is 4.61. The molecule has 13 heteroatoms. The van der Waals surface area contributed by atoms with Gasteiger partial charge in [-0.15, -0.1) is 0 Å². The summed E-state index contributed by atoms with van der Waals surface area (Å²) in [6.45, 7) is 13.0. The van der Waals surface area contributed by atoms with Crippen molar-refractivity contribution >= 4 is 26.4 Å². The van der Waals surface area contributed by atoms with Crippen LogP contribution in [0.4, 0.5) is 42.1 Å². The molecule has 0 amide bonds. The maximum absolute atomic E-state index is 12.6. The van der Waals surface area contributed by atoms with Gasteiger partial charge in [-0.25, -0.2) is 21.7 Å². The third-order valence-electron chi connectivity index (χ3n) is 1.97. The first kappa shape index (κ1) is 14.9. The van der Waals surface area contributed by atoms with Crippen LogP contribution in [0.15, 0.2) is 0 Å². The zero-order valence-electron chi connectivity index (χ0n) is 8.59. The van der Waals surface area contributed by atoms with Gasteiger partial charge in [0.25, 0.3) is 5.82 Å². The number of alkyl halides is 3. The normalized spacial score (nSPS) is 10.8. The second-order valence-electron chi connectivity index (χ2n) is 2.99. The predicted octanol–water partition coefficient (Wildman–Crippen LogP) is 2.44. The third kappa shape index (κ3) is 2.36. The molecule has 0 aliphatic carbocycles. The van der Waals surface area contributed by atoms with E-state index in [-0.39, 0.29) is 0 Å². The topological polar surface area (TPSA) is 17.5 Å². The van der Waals surface area contributed by atoms with Gasteiger partial charge in [-0.05, 0) is 0 Å². The van der Waals surface area contributed by atoms with Gasteiger partial charge in [-0.1, -0.05) is 6.57 Å². The van der Waals surface area contributed by atoms with Crippen molar-refractivity contribution in [1.82, 2.24) is 4.48 Å². The minimum atomic E-state index is -5.57. The van der Waals surface area contributed by atoms with Gasteiger partial charge in [0, 0.05) is 0 Å². The first-order valence-electron chi connectivity index (χ1n) is 4.25. The molecule has 0 aromatic carbocycles. The minimum absolute atomic E-state index is 0.924. The summed E-state index contributed by atoms with van der Waals surface area (Å²) < 4.78 is 86.1. The zero-order chi connectivity index (χ0) is 15.0. The molecule has 0 N–H and O–H groups in total. The number of aromatic nitrogens is 2. The average molecular weight is 283 g/mol. The fourth-order valence-corrected chi connectivity index (χ4v) is 1.38. The Labute approximate surface area is 102 Å². The molecule has 0 aliphatic heterocycles. The van der Waals surface area contributed by atoms with E-state index in [9.17, 15) is 30.4 Å². The molecule has 0 aliphatic rings. The molecule has 4 nitrogen and oxygen atoms in total. The fraction of sp³-hybridized carbons (Fsp3) is 0.167. The van der Waals surface area contributed by atoms with Crippen LogP contribution in [0.25, 0.3) is 9.69 Å². The molecular formula is C6B2F7N4+. The first-order valence-corrected chi connectivity index (χ1v) is 4.25. The van der Waals surface area contributed by atoms with Crippen LogP contribution in [-0.2, 0) is 6.18 Å². The number of rotatable bonds is 2. The molecule has 1 rings (SSSR count). The fourth-order valence-electron chi connectivity index (χ4n) is 1.38. The van der Waals surface area contributed by atoms with Crippen molar-refractivity contribution in [3.05, 3.63) is 28.7 Å². The van der Waals surface area contributed by atoms with Crippen LogP contribution in [0.5, 0.6) is 0 Å². The highest BCUT2D eigenvalue weighted by atomic mass is 19.4. The number of halogens is 7. The lowest BCUT2D eigenvalue weighted by Gasteiger charge is -2.03. The van der Waals surface area contributed by atoms with Crippen molar-refractivity contribution in [1.29, 1.82) is 0 Å². The van der Waals surface area contributed by atoms with Gasteiger partial charge in [-0.3, -0.25) is 0 Å². The van der Waals surface area contributed by atoms with E-state index in [4.69, 9.17) is 13.1 Å². The molecule has 0 unspecified atom stereocenters. The van der Waals surface area contributed by atoms with Crippen LogP contribution in [0, 0.1) is 13.1 Å². The van der Waals surface area contributed by atoms with Crippen molar-refractivity contribution in [2.45, 2.75) is 6.18 Å². The van der Waals surface area contributed by atoms with Gasteiger partial charge in [-0.2, -0.15) is 22.5 Å². The predicted molar refractivity (Wildman–Crippen MR) is 48.9 cm³/mol. The summed E-state index contributed by atoms with van der Waals surface area (Å²) in [6.07, 6.45) is -5.57. The van der Waals surface area contributed by atoms with Gasteiger partial charge in [0.2, 0.25) is 0 Å². The van der Waals surface area contributed by atoms with E-state index in [1.165, 1.54) is 0 Å². The third-order valence-corrected chi connectivity index (χ3v) is 1.97. The van der Waals surface area contributed by atoms with E-state index >= 15 is 0 Å². The summed E-state index contributed by atoms with van der Waals surface area (Å²) in [5, 5.41) is 0. The highest BCUT2D eigenvalue weighted by molar-refractivity contribution is 6.42. The van der Waals surface area contributed by atoms with E-state index < -0.39 is 47.4 Å². The number of hydrogen-bond acceptors (Lipinski definition) is 0. The molecule has 1 aromatic heterocycles. The lowest BCUT2D eigenvalue weighted by molar-refractivity contribution is -0.566. The standard InChI is InChI=1S/C6B2F7N4/c1-16-3-4(17-2)19(8(14)15)5(6(9,10)11)18(3)7(12)13/q+1. The SMILES string of the molecule is [C-]#[N+]c1c([N+]#[C-])[n+](B(F)F)c(C(F)(F)F)n1B(F)F. The highest BCUT2D eigenvalue weighted by Crippen LogP contribution is 2.36. The van der Waals surface area contributed by atoms with Crippen LogP contribution < -0.4 is 4.48 Å². The maximum atomic E-state index is 12.6. The number of imidazole rings is 1. The quantitative estimate of drug-likeness (QED) is 0.450. The van der Waals surface area contributed by atoms with Gasteiger partial charge >= 0.3 is 32.6 Å². The minimum Gasteiger partial charge on any atom is -0.370 e. The molecule has 0 fully saturated rings. The largest absolute Gasteiger partial charge is 0.925 e. The van der Waals surface area contributed by atoms with Crippen molar-refractivity contribution < 1.29 is 34.9 Å². The summed E-state index contributed by atoms with van der Waals surface area (Å²) in [7, 11) is -7.78. The van der Waals surface area contributed by atoms with E-state index in [1.807, 2.05) is 0 Å². The monoisotopic (exact) mass is 283 g/mol. The summed E-state index contributed by atoms with van der Waals surface area (Å²) in [5.41, 5.74) is 0. The van der Waals surface area contributed by atoms with Crippen molar-refractivity contribution in [2.75, 3.05) is 0 Å². The Morgan fingerprint density at radius 2 is 1.58 bits per heavy atom. The molecular weight excluding hydrogens is 283 g/mol. The van der Waals surface area contributed by atoms with E-state index in [0.29, 0.717) is 0 Å². The van der Waals surface area contributed by atoms with Gasteiger partial charge < -0.3 is 4.85 Å². The molecule has 19 heavy (non-hydrogen) atoms. The molecule has 0 radical (unpaired) electrons. The molecule has 0 saturated heterocycles. The molecule has 0 spiro atoms. The smallest absolute Gasteiger partial charge is 0.370 e. The van der Waals surface area contributed by atoms with Gasteiger partial charge in [0.1, 0.15) is 0 Å². The summed E-state index contributed by atoms with van der Waals surface area (Å²) in [6, 6.07) is 0. The van der Waals surface area contributed by atoms with E-state index in [1.54, 1.807) is 0 Å². The molecule has 0 saturated carbocycles. The Morgan fingerprint density at radius 1 is 1.05 bits per heavy atom. The lowest BCUT2D eigenvalue weighted by atomic mass is 10.2. The maximum Gasteiger partial charge on any atom is 0.925 e.